The summed E-state index contributed by atoms with van der Waals surface area (Å²) in [5.74, 6) is -5.20. The standard InChI is InChI=1S/C39H69N11O10S/c1-22(2)17-24(18-30(52)50-60)36(56)48-33(23(3)4)38(58)46-26(12-7-9-15-40)37(57)44-19-31(53)43-20-32(54)45-25(35(41)55)11-8-10-16-42-29(51)14-6-5-13-28-34-27(21-61-28)47-39(59)49-34/h22-28,33-34,60H,5-21,40H2,1-4H3,(H2,41,55)(H,42,51)(H,43,53)(H,44,57)(H,45,54)(H,46,58)(H,48,56)(H,50,52)(H2,47,49,59)/t24?,25-,26-,27-,28-,33-,34-/m0/s1. The van der Waals surface area contributed by atoms with Gasteiger partial charge in [0, 0.05) is 36.3 Å². The molecular formula is C39H69N11O10S. The Hall–Kier alpha value is -4.70. The van der Waals surface area contributed by atoms with Gasteiger partial charge in [-0.3, -0.25) is 43.6 Å². The predicted molar refractivity (Wildman–Crippen MR) is 227 cm³/mol. The van der Waals surface area contributed by atoms with Crippen molar-refractivity contribution in [1.82, 2.24) is 48.0 Å². The third-order valence-electron chi connectivity index (χ3n) is 10.4. The summed E-state index contributed by atoms with van der Waals surface area (Å²) in [6.45, 7) is 6.82. The number of hydrogen-bond donors (Lipinski definition) is 12. The molecule has 0 aromatic heterocycles. The van der Waals surface area contributed by atoms with E-state index in [4.69, 9.17) is 16.7 Å². The van der Waals surface area contributed by atoms with Gasteiger partial charge in [0.2, 0.25) is 47.3 Å². The molecule has 2 aliphatic heterocycles. The number of hydroxylamine groups is 1. The van der Waals surface area contributed by atoms with E-state index in [1.807, 2.05) is 25.6 Å². The Labute approximate surface area is 362 Å². The number of carbonyl (C=O) groups excluding carboxylic acids is 9. The van der Waals surface area contributed by atoms with Crippen molar-refractivity contribution >= 4 is 65.1 Å². The highest BCUT2D eigenvalue weighted by Gasteiger charge is 2.42. The highest BCUT2D eigenvalue weighted by molar-refractivity contribution is 8.00. The molecule has 2 rings (SSSR count). The molecule has 7 atom stereocenters. The zero-order valence-corrected chi connectivity index (χ0v) is 36.7. The molecule has 2 heterocycles. The largest absolute Gasteiger partial charge is 0.368 e. The van der Waals surface area contributed by atoms with Gasteiger partial charge in [0.1, 0.15) is 18.1 Å². The number of thioether (sulfide) groups is 1. The van der Waals surface area contributed by atoms with Gasteiger partial charge in [-0.2, -0.15) is 11.8 Å². The zero-order valence-electron chi connectivity index (χ0n) is 35.9. The van der Waals surface area contributed by atoms with Gasteiger partial charge >= 0.3 is 6.03 Å². The Balaban J connectivity index is 1.75. The summed E-state index contributed by atoms with van der Waals surface area (Å²) in [5.41, 5.74) is 12.6. The van der Waals surface area contributed by atoms with E-state index in [-0.39, 0.29) is 49.2 Å². The molecule has 0 radical (unpaired) electrons. The molecule has 14 N–H and O–H groups in total. The lowest BCUT2D eigenvalue weighted by Gasteiger charge is -2.27. The molecule has 0 aromatic rings. The van der Waals surface area contributed by atoms with Crippen molar-refractivity contribution < 1.29 is 48.4 Å². The van der Waals surface area contributed by atoms with Crippen LogP contribution < -0.4 is 59.5 Å². The highest BCUT2D eigenvalue weighted by atomic mass is 32.2. The number of unbranched alkanes of at least 4 members (excludes halogenated alkanes) is 3. The number of hydrogen-bond acceptors (Lipinski definition) is 12. The molecule has 0 aromatic carbocycles. The molecule has 346 valence electrons. The average Bonchev–Trinajstić information content (AvgIpc) is 3.76. The minimum atomic E-state index is -1.10. The molecule has 0 spiro atoms. The van der Waals surface area contributed by atoms with Crippen molar-refractivity contribution in [2.75, 3.05) is 31.9 Å². The lowest BCUT2D eigenvalue weighted by Crippen LogP contribution is -2.56. The molecular weight excluding hydrogens is 815 g/mol. The fourth-order valence-electron chi connectivity index (χ4n) is 7.08. The van der Waals surface area contributed by atoms with Gasteiger partial charge in [-0.1, -0.05) is 34.1 Å². The summed E-state index contributed by atoms with van der Waals surface area (Å²) in [4.78, 5) is 113. The zero-order chi connectivity index (χ0) is 45.5. The Morgan fingerprint density at radius 2 is 1.44 bits per heavy atom. The third-order valence-corrected chi connectivity index (χ3v) is 11.9. The van der Waals surface area contributed by atoms with E-state index in [1.54, 1.807) is 13.8 Å². The summed E-state index contributed by atoms with van der Waals surface area (Å²) in [6.07, 6.45) is 5.35. The van der Waals surface area contributed by atoms with Gasteiger partial charge in [-0.15, -0.1) is 0 Å². The van der Waals surface area contributed by atoms with Crippen LogP contribution in [0.4, 0.5) is 4.79 Å². The van der Waals surface area contributed by atoms with Gasteiger partial charge < -0.3 is 54.0 Å². The maximum Gasteiger partial charge on any atom is 0.315 e. The fraction of sp³-hybridized carbons (Fsp3) is 0.769. The monoisotopic (exact) mass is 883 g/mol. The first-order valence-corrected chi connectivity index (χ1v) is 22.3. The number of urea groups is 1. The van der Waals surface area contributed by atoms with Crippen molar-refractivity contribution in [1.29, 1.82) is 0 Å². The van der Waals surface area contributed by atoms with Crippen LogP contribution in [0.2, 0.25) is 0 Å². The second kappa shape index (κ2) is 28.0. The second-order valence-electron chi connectivity index (χ2n) is 16.4. The Morgan fingerprint density at radius 3 is 2.10 bits per heavy atom. The van der Waals surface area contributed by atoms with Crippen LogP contribution in [0.25, 0.3) is 0 Å². The van der Waals surface area contributed by atoms with Crippen LogP contribution in [0, 0.1) is 17.8 Å². The molecule has 21 nitrogen and oxygen atoms in total. The maximum atomic E-state index is 13.4. The third kappa shape index (κ3) is 20.1. The lowest BCUT2D eigenvalue weighted by molar-refractivity contribution is -0.137. The molecule has 22 heteroatoms. The molecule has 2 fully saturated rings. The molecule has 10 amide bonds. The number of primary amides is 1. The van der Waals surface area contributed by atoms with E-state index in [0.29, 0.717) is 56.9 Å². The minimum Gasteiger partial charge on any atom is -0.368 e. The van der Waals surface area contributed by atoms with Crippen molar-refractivity contribution in [3.8, 4) is 0 Å². The topological polar surface area (TPSA) is 334 Å². The summed E-state index contributed by atoms with van der Waals surface area (Å²) in [7, 11) is 0. The van der Waals surface area contributed by atoms with Crippen molar-refractivity contribution in [2.24, 2.45) is 29.2 Å². The molecule has 0 aliphatic carbocycles. The van der Waals surface area contributed by atoms with Crippen molar-refractivity contribution in [2.45, 2.75) is 140 Å². The van der Waals surface area contributed by atoms with Crippen molar-refractivity contribution in [3.63, 3.8) is 0 Å². The summed E-state index contributed by atoms with van der Waals surface area (Å²) in [5, 5.41) is 30.7. The van der Waals surface area contributed by atoms with Crippen LogP contribution in [0.3, 0.4) is 0 Å². The summed E-state index contributed by atoms with van der Waals surface area (Å²) in [6, 6.07) is -2.99. The predicted octanol–water partition coefficient (Wildman–Crippen LogP) is -1.49. The average molecular weight is 884 g/mol. The van der Waals surface area contributed by atoms with Gasteiger partial charge in [0.25, 0.3) is 0 Å². The highest BCUT2D eigenvalue weighted by Crippen LogP contribution is 2.33. The quantitative estimate of drug-likeness (QED) is 0.0170. The van der Waals surface area contributed by atoms with Crippen LogP contribution >= 0.6 is 11.8 Å². The van der Waals surface area contributed by atoms with Crippen LogP contribution in [-0.4, -0.2) is 126 Å². The molecule has 61 heavy (non-hydrogen) atoms. The first-order chi connectivity index (χ1) is 28.9. The van der Waals surface area contributed by atoms with Crippen LogP contribution in [-0.2, 0) is 38.4 Å². The van der Waals surface area contributed by atoms with E-state index >= 15 is 0 Å². The maximum absolute atomic E-state index is 13.4. The number of fused-ring (bicyclic) bond motifs is 1. The van der Waals surface area contributed by atoms with E-state index in [2.05, 4.69) is 42.5 Å². The Morgan fingerprint density at radius 1 is 0.754 bits per heavy atom. The lowest BCUT2D eigenvalue weighted by atomic mass is 9.92. The molecule has 2 saturated heterocycles. The minimum absolute atomic E-state index is 0.0339. The Bertz CT molecular complexity index is 1500. The first kappa shape index (κ1) is 52.4. The number of amides is 10. The summed E-state index contributed by atoms with van der Waals surface area (Å²) >= 11 is 1.84. The number of nitrogens with two attached hydrogens (primary N) is 2. The Kier molecular flexibility index (Phi) is 24.1. The van der Waals surface area contributed by atoms with Crippen molar-refractivity contribution in [3.05, 3.63) is 0 Å². The van der Waals surface area contributed by atoms with Crippen LogP contribution in [0.15, 0.2) is 0 Å². The smallest absolute Gasteiger partial charge is 0.315 e. The number of nitrogens with one attached hydrogen (secondary N) is 9. The molecule has 1 unspecified atom stereocenters. The van der Waals surface area contributed by atoms with Crippen LogP contribution in [0.1, 0.15) is 105 Å². The summed E-state index contributed by atoms with van der Waals surface area (Å²) < 4.78 is 0. The second-order valence-corrected chi connectivity index (χ2v) is 17.6. The van der Waals surface area contributed by atoms with Gasteiger partial charge in [0.15, 0.2) is 0 Å². The number of rotatable bonds is 30. The van der Waals surface area contributed by atoms with E-state index in [1.165, 1.54) is 5.48 Å². The van der Waals surface area contributed by atoms with E-state index in [0.717, 1.165) is 25.0 Å². The molecule has 0 saturated carbocycles. The van der Waals surface area contributed by atoms with E-state index in [9.17, 15) is 43.2 Å². The molecule has 0 bridgehead atoms. The fourth-order valence-corrected chi connectivity index (χ4v) is 8.62. The normalized spacial score (nSPS) is 18.7. The first-order valence-electron chi connectivity index (χ1n) is 21.3. The number of carbonyl (C=O) groups is 9. The van der Waals surface area contributed by atoms with Gasteiger partial charge in [0.05, 0.1) is 25.2 Å². The van der Waals surface area contributed by atoms with Gasteiger partial charge in [-0.05, 0) is 76.2 Å². The SMILES string of the molecule is CC(C)CC(CC(=O)NO)C(=O)N[C@H](C(=O)N[C@@H](CCCCN)C(=O)NCC(=O)NCC(=O)N[C@@H](CCCCNC(=O)CCCC[C@@H]1SC[C@@H]2NC(=O)N[C@@H]21)C(N)=O)C(C)C. The molecule has 2 aliphatic rings. The van der Waals surface area contributed by atoms with Gasteiger partial charge in [-0.25, -0.2) is 10.3 Å². The van der Waals surface area contributed by atoms with Crippen LogP contribution in [0.5, 0.6) is 0 Å². The van der Waals surface area contributed by atoms with E-state index < -0.39 is 84.4 Å².